The van der Waals surface area contributed by atoms with Crippen molar-refractivity contribution < 1.29 is 32.7 Å². The van der Waals surface area contributed by atoms with Crippen LogP contribution in [0.15, 0.2) is 87.7 Å². The van der Waals surface area contributed by atoms with Crippen molar-refractivity contribution in [2.75, 3.05) is 46.0 Å². The van der Waals surface area contributed by atoms with Gasteiger partial charge in [-0.1, -0.05) is 61.7 Å². The van der Waals surface area contributed by atoms with Crippen molar-refractivity contribution in [2.45, 2.75) is 50.5 Å². The van der Waals surface area contributed by atoms with Crippen molar-refractivity contribution in [3.8, 4) is 5.75 Å². The van der Waals surface area contributed by atoms with Crippen LogP contribution in [-0.2, 0) is 16.0 Å². The number of hydrogen-bond acceptors (Lipinski definition) is 9. The van der Waals surface area contributed by atoms with Gasteiger partial charge in [0.05, 0.1) is 13.2 Å². The van der Waals surface area contributed by atoms with Crippen LogP contribution < -0.4 is 10.1 Å². The first-order valence-corrected chi connectivity index (χ1v) is 17.5. The van der Waals surface area contributed by atoms with Gasteiger partial charge in [0.2, 0.25) is 0 Å². The maximum Gasteiger partial charge on any atom is 0.316 e. The molecule has 1 saturated carbocycles. The van der Waals surface area contributed by atoms with E-state index in [9.17, 15) is 14.4 Å². The molecule has 0 spiro atoms. The van der Waals surface area contributed by atoms with Crippen LogP contribution in [0.3, 0.4) is 0 Å². The number of carbonyl (C=O) groups is 3. The zero-order valence-electron chi connectivity index (χ0n) is 28.1. The molecule has 2 aliphatic rings. The molecule has 0 radical (unpaired) electrons. The van der Waals surface area contributed by atoms with Gasteiger partial charge in [-0.25, -0.2) is 4.98 Å². The van der Waals surface area contributed by atoms with Gasteiger partial charge in [0.25, 0.3) is 17.7 Å². The van der Waals surface area contributed by atoms with Crippen molar-refractivity contribution >= 4 is 39.8 Å². The first kappa shape index (κ1) is 33.5. The second kappa shape index (κ2) is 15.3. The lowest BCUT2D eigenvalue weighted by Gasteiger charge is -2.39. The van der Waals surface area contributed by atoms with Crippen LogP contribution in [0.2, 0.25) is 0 Å². The third-order valence-electron chi connectivity index (χ3n) is 9.62. The molecule has 2 aromatic heterocycles. The summed E-state index contributed by atoms with van der Waals surface area (Å²) < 4.78 is 23.2. The summed E-state index contributed by atoms with van der Waals surface area (Å²) >= 11 is 0. The molecule has 1 aliphatic carbocycles. The lowest BCUT2D eigenvalue weighted by atomic mass is 9.80. The fraction of sp³-hybridized carbons (Fsp3) is 0.385. The van der Waals surface area contributed by atoms with Crippen molar-refractivity contribution in [1.29, 1.82) is 0 Å². The molecule has 5 aromatic rings. The van der Waals surface area contributed by atoms with E-state index >= 15 is 0 Å². The average Bonchev–Trinajstić information content (AvgIpc) is 3.79. The number of rotatable bonds is 12. The van der Waals surface area contributed by atoms with Gasteiger partial charge < -0.3 is 23.6 Å². The number of benzene rings is 3. The Morgan fingerprint density at radius 2 is 1.66 bits per heavy atom. The number of amides is 3. The molecule has 50 heavy (non-hydrogen) atoms. The number of ether oxygens (including phenoxy) is 2. The van der Waals surface area contributed by atoms with Crippen LogP contribution in [0.5, 0.6) is 5.75 Å². The number of nitrogens with zero attached hydrogens (tertiary/aromatic N) is 3. The van der Waals surface area contributed by atoms with E-state index < -0.39 is 23.3 Å². The van der Waals surface area contributed by atoms with Crippen molar-refractivity contribution in [3.63, 3.8) is 0 Å². The molecule has 3 aromatic carbocycles. The van der Waals surface area contributed by atoms with Gasteiger partial charge in [-0.3, -0.25) is 24.2 Å². The number of fused-ring (bicyclic) bond motifs is 2. The number of morpholine rings is 1. The Morgan fingerprint density at radius 1 is 0.880 bits per heavy atom. The van der Waals surface area contributed by atoms with Crippen molar-refractivity contribution in [3.05, 3.63) is 96.1 Å². The smallest absolute Gasteiger partial charge is 0.316 e. The highest BCUT2D eigenvalue weighted by Gasteiger charge is 2.46. The number of aromatic nitrogens is 1. The maximum atomic E-state index is 14.7. The number of carbonyl (C=O) groups excluding carboxylic acids is 3. The molecule has 1 N–H and O–H groups in total. The molecule has 0 bridgehead atoms. The largest absolute Gasteiger partial charge is 0.492 e. The van der Waals surface area contributed by atoms with Gasteiger partial charge in [-0.05, 0) is 67.6 Å². The minimum absolute atomic E-state index is 0.0871. The second-order valence-corrected chi connectivity index (χ2v) is 13.0. The number of imide groups is 1. The van der Waals surface area contributed by atoms with Crippen LogP contribution in [0, 0.1) is 0 Å². The summed E-state index contributed by atoms with van der Waals surface area (Å²) in [5.41, 5.74) is 1.34. The molecule has 11 nitrogen and oxygen atoms in total. The van der Waals surface area contributed by atoms with E-state index in [1.807, 2.05) is 48.5 Å². The van der Waals surface area contributed by atoms with Crippen molar-refractivity contribution in [1.82, 2.24) is 20.1 Å². The molecule has 11 heteroatoms. The minimum atomic E-state index is -1.30. The van der Waals surface area contributed by atoms with Crippen LogP contribution in [0.4, 0.5) is 0 Å². The van der Waals surface area contributed by atoms with Gasteiger partial charge >= 0.3 is 5.91 Å². The average molecular weight is 679 g/mol. The van der Waals surface area contributed by atoms with Crippen LogP contribution in [0.25, 0.3) is 22.1 Å². The Labute approximate surface area is 290 Å². The van der Waals surface area contributed by atoms with Gasteiger partial charge in [0, 0.05) is 31.6 Å². The Bertz CT molecular complexity index is 1910. The quantitative estimate of drug-likeness (QED) is 0.158. The summed E-state index contributed by atoms with van der Waals surface area (Å²) in [5, 5.41) is 3.76. The van der Waals surface area contributed by atoms with E-state index in [1.165, 1.54) is 4.90 Å². The monoisotopic (exact) mass is 678 g/mol. The van der Waals surface area contributed by atoms with E-state index in [0.717, 1.165) is 63.1 Å². The fourth-order valence-corrected chi connectivity index (χ4v) is 6.89. The normalized spacial score (nSPS) is 16.3. The molecule has 1 saturated heterocycles. The predicted molar refractivity (Wildman–Crippen MR) is 187 cm³/mol. The highest BCUT2D eigenvalue weighted by molar-refractivity contribution is 6.08. The second-order valence-electron chi connectivity index (χ2n) is 13.0. The van der Waals surface area contributed by atoms with Crippen molar-refractivity contribution in [2.24, 2.45) is 0 Å². The summed E-state index contributed by atoms with van der Waals surface area (Å²) in [6.07, 6.45) is 4.38. The third kappa shape index (κ3) is 7.59. The molecule has 7 rings (SSSR count). The van der Waals surface area contributed by atoms with Crippen LogP contribution in [-0.4, -0.2) is 84.0 Å². The number of aryl methyl sites for hydroxylation is 1. The minimum Gasteiger partial charge on any atom is -0.492 e. The lowest BCUT2D eigenvalue weighted by molar-refractivity contribution is -0.137. The highest BCUT2D eigenvalue weighted by atomic mass is 16.5. The molecule has 2 fully saturated rings. The molecular weight excluding hydrogens is 636 g/mol. The summed E-state index contributed by atoms with van der Waals surface area (Å²) in [4.78, 5) is 50.5. The fourth-order valence-electron chi connectivity index (χ4n) is 6.89. The lowest BCUT2D eigenvalue weighted by Crippen LogP contribution is -2.61. The topological polar surface area (TPSA) is 127 Å². The zero-order chi connectivity index (χ0) is 34.3. The Kier molecular flexibility index (Phi) is 10.2. The van der Waals surface area contributed by atoms with E-state index in [-0.39, 0.29) is 18.2 Å². The maximum absolute atomic E-state index is 14.7. The highest BCUT2D eigenvalue weighted by Crippen LogP contribution is 2.33. The van der Waals surface area contributed by atoms with E-state index in [1.54, 1.807) is 30.3 Å². The molecule has 3 heterocycles. The van der Waals surface area contributed by atoms with Gasteiger partial charge in [-0.2, -0.15) is 0 Å². The summed E-state index contributed by atoms with van der Waals surface area (Å²) in [5.74, 6) is -0.978. The molecule has 1 aliphatic heterocycles. The molecule has 0 unspecified atom stereocenters. The number of hydrogen-bond donors (Lipinski definition) is 1. The summed E-state index contributed by atoms with van der Waals surface area (Å²) in [7, 11) is 0. The Morgan fingerprint density at radius 3 is 2.46 bits per heavy atom. The van der Waals surface area contributed by atoms with Gasteiger partial charge in [0.1, 0.15) is 29.0 Å². The molecular formula is C39H42N4O7. The zero-order valence-corrected chi connectivity index (χ0v) is 28.1. The summed E-state index contributed by atoms with van der Waals surface area (Å²) in [6, 6.07) is 24.2. The Hall–Kier alpha value is -5.00. The van der Waals surface area contributed by atoms with Gasteiger partial charge in [-0.15, -0.1) is 0 Å². The number of furan rings is 1. The summed E-state index contributed by atoms with van der Waals surface area (Å²) in [6.45, 7) is 4.73. The molecule has 260 valence electrons. The number of nitrogens with one attached hydrogen (secondary N) is 1. The van der Waals surface area contributed by atoms with E-state index in [4.69, 9.17) is 18.3 Å². The molecule has 0 atom stereocenters. The number of oxazole rings is 1. The first-order valence-electron chi connectivity index (χ1n) is 17.5. The van der Waals surface area contributed by atoms with Gasteiger partial charge in [0.15, 0.2) is 11.3 Å². The van der Waals surface area contributed by atoms with E-state index in [2.05, 4.69) is 15.2 Å². The third-order valence-corrected chi connectivity index (χ3v) is 9.62. The molecule has 3 amide bonds. The van der Waals surface area contributed by atoms with Crippen LogP contribution in [0.1, 0.15) is 65.3 Å². The number of para-hydroxylation sites is 2. The Balaban J connectivity index is 1.10. The standard InChI is InChI=1S/C39H42N4O7/c44-35(34-27-29-26-30(15-16-32(29)49-34)48-25-22-42-20-23-47-24-21-42)41-39(17-7-2-8-18-39)38(46)43(19-9-12-28-10-3-1-4-11-28)37(45)36-40-31-13-5-6-14-33(31)50-36/h1,3-6,10-11,13-16,26-27H,2,7-9,12,17-25H2,(H,41,44). The first-order chi connectivity index (χ1) is 24.5. The predicted octanol–water partition coefficient (Wildman–Crippen LogP) is 6.02. The van der Waals surface area contributed by atoms with E-state index in [0.29, 0.717) is 54.7 Å². The SMILES string of the molecule is O=C(NC1(C(=O)N(CCCc2ccccc2)C(=O)c2nc3ccccc3o2)CCCCC1)c1cc2cc(OCCN3CCOCC3)ccc2o1. The van der Waals surface area contributed by atoms with Crippen LogP contribution >= 0.6 is 0 Å².